The van der Waals surface area contributed by atoms with Crippen molar-refractivity contribution in [3.8, 4) is 62.8 Å². The quantitative estimate of drug-likeness (QED) is 0.0990. The van der Waals surface area contributed by atoms with Crippen molar-refractivity contribution in [2.75, 3.05) is 0 Å². The molecule has 58 heavy (non-hydrogen) atoms. The van der Waals surface area contributed by atoms with Gasteiger partial charge in [0.15, 0.2) is 11.5 Å². The summed E-state index contributed by atoms with van der Waals surface area (Å²) in [5.74, 6) is -6.59. The summed E-state index contributed by atoms with van der Waals surface area (Å²) in [6, 6.07) is 18.2. The van der Waals surface area contributed by atoms with E-state index in [2.05, 4.69) is 0 Å². The Bertz CT molecular complexity index is 3200. The molecule has 1 unspecified atom stereocenters. The first kappa shape index (κ1) is 36.8. The molecule has 2 heterocycles. The second-order valence-corrected chi connectivity index (χ2v) is 14.2. The molecule has 0 saturated heterocycles. The molecule has 0 aliphatic heterocycles. The van der Waals surface area contributed by atoms with E-state index < -0.39 is 68.0 Å². The maximum Gasteiger partial charge on any atom is 0.167 e. The lowest BCUT2D eigenvalue weighted by atomic mass is 9.77. The number of nitrogens with zero attached hydrogens (tertiary/aromatic N) is 2. The Kier molecular flexibility index (Phi) is 8.16. The molecule has 2 aromatic heterocycles. The summed E-state index contributed by atoms with van der Waals surface area (Å²) in [4.78, 5) is 0. The van der Waals surface area contributed by atoms with Crippen LogP contribution in [0.2, 0.25) is 0 Å². The first-order chi connectivity index (χ1) is 27.7. The van der Waals surface area contributed by atoms with Crippen LogP contribution in [0.15, 0.2) is 78.9 Å². The minimum atomic E-state index is -0.853. The van der Waals surface area contributed by atoms with E-state index in [1.54, 1.807) is 36.4 Å². The number of fused-ring (bicyclic) bond motifs is 6. The number of aromatic nitrogens is 2. The zero-order chi connectivity index (χ0) is 41.2. The van der Waals surface area contributed by atoms with Gasteiger partial charge >= 0.3 is 0 Å². The van der Waals surface area contributed by atoms with Gasteiger partial charge in [-0.3, -0.25) is 0 Å². The van der Waals surface area contributed by atoms with Crippen LogP contribution in [0.4, 0.5) is 0 Å². The molecule has 1 atom stereocenters. The molecule has 268 valence electrons. The number of allylic oxidation sites excluding steroid dienone is 4. The van der Waals surface area contributed by atoms with E-state index in [0.717, 1.165) is 5.56 Å². The minimum absolute atomic E-state index is 0.00374. The summed E-state index contributed by atoms with van der Waals surface area (Å²) in [7, 11) is 38.6. The molecular weight excluding hydrogens is 725 g/mol. The first-order valence-corrected chi connectivity index (χ1v) is 17.8. The molecule has 0 bridgehead atoms. The Hall–Kier alpha value is -6.81. The van der Waals surface area contributed by atoms with Gasteiger partial charge < -0.3 is 50.0 Å². The van der Waals surface area contributed by atoms with Gasteiger partial charge in [0, 0.05) is 17.3 Å². The zero-order valence-electron chi connectivity index (χ0n) is 30.2. The number of phenolic OH excluding ortho intramolecular Hbond substituents is 8. The molecule has 8 N–H and O–H groups in total. The molecule has 1 aliphatic carbocycles. The van der Waals surface area contributed by atoms with Crippen LogP contribution >= 0.6 is 0 Å². The molecule has 6 aromatic carbocycles. The molecule has 0 amide bonds. The SMILES string of the molecule is [B]c1c(O)c(O)c2c3c(O)c(-c4c(O)c([B])c5c(c4O)c4c(O)c(O)c([B])c([B])c4n5-c4ccccc4)c(O)c([B])c3n(C3=CCC(c4ccccc4)C=C3)c2c1[B]. The van der Waals surface area contributed by atoms with Crippen LogP contribution in [-0.2, 0) is 0 Å². The van der Waals surface area contributed by atoms with Crippen molar-refractivity contribution >= 4 is 129 Å². The average Bonchev–Trinajstić information content (AvgIpc) is 3.79. The van der Waals surface area contributed by atoms with Crippen LogP contribution in [0.5, 0.6) is 46.0 Å². The maximum absolute atomic E-state index is 12.3. The molecule has 0 spiro atoms. The lowest BCUT2D eigenvalue weighted by Crippen LogP contribution is -2.28. The van der Waals surface area contributed by atoms with Crippen LogP contribution in [-0.4, -0.2) is 97.1 Å². The van der Waals surface area contributed by atoms with Crippen molar-refractivity contribution < 1.29 is 40.9 Å². The lowest BCUT2D eigenvalue weighted by Gasteiger charge is -2.21. The number of hydrogen-bond acceptors (Lipinski definition) is 8. The van der Waals surface area contributed by atoms with Crippen molar-refractivity contribution in [3.63, 3.8) is 0 Å². The maximum atomic E-state index is 12.3. The standard InChI is InChI=1S/C42H24B6N2O8/c43-25-27(45)41(57)39(55)21-19-33(49(31(21)25)17-9-5-2-6-10-17)29(47)37(53)23(35(19)51)24-36(52)20-22-32(26(44)28(46)42(58)40(22)56)50(34(20)30(48)38(24)54)18-13-11-16(12-14-18)15-7-3-1-4-8-15/h1-11,13-14,16,51-58H,12H2. The molecule has 10 nitrogen and oxygen atoms in total. The van der Waals surface area contributed by atoms with Crippen LogP contribution in [0.3, 0.4) is 0 Å². The van der Waals surface area contributed by atoms with Crippen LogP contribution in [0.25, 0.3) is 66.1 Å². The fourth-order valence-corrected chi connectivity index (χ4v) is 8.35. The third kappa shape index (κ3) is 4.74. The predicted molar refractivity (Wildman–Crippen MR) is 232 cm³/mol. The summed E-state index contributed by atoms with van der Waals surface area (Å²) in [6.45, 7) is 0. The Morgan fingerprint density at radius 3 is 1.31 bits per heavy atom. The highest BCUT2D eigenvalue weighted by molar-refractivity contribution is 6.57. The van der Waals surface area contributed by atoms with Gasteiger partial charge in [-0.25, -0.2) is 0 Å². The monoisotopic (exact) mass is 750 g/mol. The van der Waals surface area contributed by atoms with E-state index >= 15 is 0 Å². The van der Waals surface area contributed by atoms with Gasteiger partial charge in [0.2, 0.25) is 0 Å². The lowest BCUT2D eigenvalue weighted by molar-refractivity contribution is 0.411. The third-order valence-corrected chi connectivity index (χ3v) is 11.1. The van der Waals surface area contributed by atoms with Gasteiger partial charge in [-0.1, -0.05) is 82.5 Å². The molecular formula is C42H24B6N2O8. The minimum Gasteiger partial charge on any atom is -0.508 e. The van der Waals surface area contributed by atoms with E-state index in [9.17, 15) is 40.9 Å². The first-order valence-electron chi connectivity index (χ1n) is 17.8. The van der Waals surface area contributed by atoms with Crippen molar-refractivity contribution in [1.82, 2.24) is 9.13 Å². The van der Waals surface area contributed by atoms with Crippen molar-refractivity contribution in [3.05, 3.63) is 84.5 Å². The normalized spacial score (nSPS) is 14.3. The second kappa shape index (κ2) is 12.9. The van der Waals surface area contributed by atoms with Gasteiger partial charge in [-0.05, 0) is 41.1 Å². The van der Waals surface area contributed by atoms with Crippen molar-refractivity contribution in [2.24, 2.45) is 0 Å². The molecule has 0 saturated carbocycles. The Balaban J connectivity index is 1.41. The van der Waals surface area contributed by atoms with E-state index in [1.165, 1.54) is 9.13 Å². The smallest absolute Gasteiger partial charge is 0.167 e. The molecule has 16 heteroatoms. The predicted octanol–water partition coefficient (Wildman–Crippen LogP) is 1.55. The van der Waals surface area contributed by atoms with Crippen LogP contribution in [0, 0.1) is 0 Å². The molecule has 9 rings (SSSR count). The van der Waals surface area contributed by atoms with Crippen molar-refractivity contribution in [2.45, 2.75) is 12.3 Å². The molecule has 0 fully saturated rings. The number of hydrogen-bond donors (Lipinski definition) is 8. The number of benzene rings is 6. The van der Waals surface area contributed by atoms with Gasteiger partial charge in [0.05, 0.1) is 54.7 Å². The van der Waals surface area contributed by atoms with Gasteiger partial charge in [0.1, 0.15) is 81.6 Å². The van der Waals surface area contributed by atoms with E-state index in [1.807, 2.05) is 42.5 Å². The number of para-hydroxylation sites is 1. The zero-order valence-corrected chi connectivity index (χ0v) is 30.2. The Labute approximate surface area is 337 Å². The van der Waals surface area contributed by atoms with Crippen LogP contribution < -0.4 is 32.8 Å². The van der Waals surface area contributed by atoms with Crippen molar-refractivity contribution in [1.29, 1.82) is 0 Å². The summed E-state index contributed by atoms with van der Waals surface area (Å²) in [5.41, 5.74) is -1.56. The fourth-order valence-electron chi connectivity index (χ4n) is 8.35. The summed E-state index contributed by atoms with van der Waals surface area (Å²) in [6.07, 6.45) is 6.09. The van der Waals surface area contributed by atoms with Gasteiger partial charge in [-0.2, -0.15) is 0 Å². The number of aromatic hydroxyl groups is 8. The van der Waals surface area contributed by atoms with E-state index in [0.29, 0.717) is 17.8 Å². The van der Waals surface area contributed by atoms with Gasteiger partial charge in [0.25, 0.3) is 0 Å². The highest BCUT2D eigenvalue weighted by Crippen LogP contribution is 2.55. The van der Waals surface area contributed by atoms with Crippen LogP contribution in [0.1, 0.15) is 17.9 Å². The Morgan fingerprint density at radius 1 is 0.431 bits per heavy atom. The topological polar surface area (TPSA) is 172 Å². The van der Waals surface area contributed by atoms with E-state index in [4.69, 9.17) is 47.1 Å². The second-order valence-electron chi connectivity index (χ2n) is 14.2. The average molecular weight is 750 g/mol. The third-order valence-electron chi connectivity index (χ3n) is 11.1. The Morgan fingerprint density at radius 2 is 0.845 bits per heavy atom. The number of rotatable bonds is 4. The fraction of sp³-hybridized carbons (Fsp3) is 0.0476. The summed E-state index contributed by atoms with van der Waals surface area (Å²) < 4.78 is 2.89. The largest absolute Gasteiger partial charge is 0.508 e. The molecule has 8 aromatic rings. The highest BCUT2D eigenvalue weighted by Gasteiger charge is 2.34. The summed E-state index contributed by atoms with van der Waals surface area (Å²) >= 11 is 0. The van der Waals surface area contributed by atoms with Gasteiger partial charge in [-0.15, -0.1) is 0 Å². The molecule has 1 aliphatic rings. The molecule has 12 radical (unpaired) electrons. The summed E-state index contributed by atoms with van der Waals surface area (Å²) in [5, 5.41) is 92.2. The van der Waals surface area contributed by atoms with E-state index in [-0.39, 0.29) is 71.4 Å². The number of phenols is 8. The highest BCUT2D eigenvalue weighted by atomic mass is 16.3.